The zero-order chi connectivity index (χ0) is 15.1. The molecule has 2 unspecified atom stereocenters. The molecule has 0 amide bonds. The molecule has 2 atom stereocenters. The maximum atomic E-state index is 13.3. The third-order valence-corrected chi connectivity index (χ3v) is 3.51. The Bertz CT molecular complexity index is 575. The summed E-state index contributed by atoms with van der Waals surface area (Å²) in [6.07, 6.45) is -4.25. The fourth-order valence-corrected chi connectivity index (χ4v) is 2.28. The van der Waals surface area contributed by atoms with Crippen LogP contribution in [0.2, 0.25) is 0 Å². The van der Waals surface area contributed by atoms with Gasteiger partial charge >= 0.3 is 6.18 Å². The van der Waals surface area contributed by atoms with Gasteiger partial charge < -0.3 is 5.11 Å². The van der Waals surface area contributed by atoms with Crippen molar-refractivity contribution in [1.29, 1.82) is 0 Å². The summed E-state index contributed by atoms with van der Waals surface area (Å²) in [7, 11) is 0. The molecule has 0 radical (unpaired) electrons. The highest BCUT2D eigenvalue weighted by atomic mass is 19.4. The van der Waals surface area contributed by atoms with Crippen LogP contribution >= 0.6 is 0 Å². The average molecular weight is 288 g/mol. The van der Waals surface area contributed by atoms with E-state index in [9.17, 15) is 22.4 Å². The second-order valence-corrected chi connectivity index (χ2v) is 4.86. The molecule has 0 aliphatic heterocycles. The molecule has 1 aliphatic rings. The van der Waals surface area contributed by atoms with Crippen molar-refractivity contribution in [2.24, 2.45) is 5.92 Å². The zero-order valence-corrected chi connectivity index (χ0v) is 10.5. The van der Waals surface area contributed by atoms with Crippen LogP contribution in [0.5, 0.6) is 5.75 Å². The van der Waals surface area contributed by atoms with Gasteiger partial charge in [0.25, 0.3) is 0 Å². The average Bonchev–Trinajstić information content (AvgIpc) is 2.34. The molecule has 0 aromatic heterocycles. The molecule has 1 aliphatic carbocycles. The van der Waals surface area contributed by atoms with E-state index in [-0.39, 0.29) is 5.56 Å². The highest BCUT2D eigenvalue weighted by Gasteiger charge is 2.40. The number of phenols is 1. The molecule has 1 aromatic carbocycles. The van der Waals surface area contributed by atoms with Crippen molar-refractivity contribution in [3.05, 3.63) is 41.2 Å². The van der Waals surface area contributed by atoms with Crippen LogP contribution in [-0.4, -0.2) is 17.1 Å². The van der Waals surface area contributed by atoms with E-state index in [1.54, 1.807) is 0 Å². The van der Waals surface area contributed by atoms with Crippen LogP contribution in [0.3, 0.4) is 0 Å². The van der Waals surface area contributed by atoms with Gasteiger partial charge in [0.1, 0.15) is 5.78 Å². The lowest BCUT2D eigenvalue weighted by molar-refractivity contribution is -0.127. The fourth-order valence-electron chi connectivity index (χ4n) is 2.28. The summed E-state index contributed by atoms with van der Waals surface area (Å²) in [6, 6.07) is 3.35. The van der Waals surface area contributed by atoms with Crippen molar-refractivity contribution in [1.82, 2.24) is 0 Å². The number of phenolic OH excluding ortho intramolecular Hbond substituents is 1. The normalized spacial score (nSPS) is 23.6. The van der Waals surface area contributed by atoms with Crippen molar-refractivity contribution in [3.63, 3.8) is 0 Å². The maximum Gasteiger partial charge on any atom is 0.412 e. The highest BCUT2D eigenvalue weighted by molar-refractivity contribution is 5.86. The summed E-state index contributed by atoms with van der Waals surface area (Å²) >= 11 is 0. The van der Waals surface area contributed by atoms with E-state index in [4.69, 9.17) is 5.11 Å². The minimum Gasteiger partial charge on any atom is -0.505 e. The van der Waals surface area contributed by atoms with Gasteiger partial charge in [0.15, 0.2) is 11.6 Å². The third kappa shape index (κ3) is 2.69. The largest absolute Gasteiger partial charge is 0.505 e. The van der Waals surface area contributed by atoms with Crippen molar-refractivity contribution in [3.8, 4) is 5.75 Å². The molecule has 0 bridgehead atoms. The maximum absolute atomic E-state index is 13.3. The number of aromatic hydroxyl groups is 1. The number of rotatable bonds is 1. The van der Waals surface area contributed by atoms with E-state index in [0.29, 0.717) is 0 Å². The number of benzene rings is 1. The molecule has 1 aromatic rings. The molecule has 6 heteroatoms. The van der Waals surface area contributed by atoms with E-state index >= 15 is 0 Å². The Hall–Kier alpha value is -1.85. The van der Waals surface area contributed by atoms with Crippen LogP contribution in [0.15, 0.2) is 29.8 Å². The zero-order valence-electron chi connectivity index (χ0n) is 10.5. The number of Topliss-reactive ketones (excluding diaryl/α,β-unsaturated/α-hetero) is 1. The lowest BCUT2D eigenvalue weighted by atomic mass is 9.77. The first-order chi connectivity index (χ1) is 9.20. The highest BCUT2D eigenvalue weighted by Crippen LogP contribution is 2.40. The number of halogens is 4. The number of ketones is 1. The summed E-state index contributed by atoms with van der Waals surface area (Å²) in [5.41, 5.74) is -0.665. The summed E-state index contributed by atoms with van der Waals surface area (Å²) in [5, 5.41) is 9.10. The monoisotopic (exact) mass is 288 g/mol. The minimum absolute atomic E-state index is 0.239. The van der Waals surface area contributed by atoms with Gasteiger partial charge in [-0.3, -0.25) is 4.79 Å². The Morgan fingerprint density at radius 2 is 1.95 bits per heavy atom. The number of carbonyl (C=O) groups is 1. The minimum atomic E-state index is -4.57. The summed E-state index contributed by atoms with van der Waals surface area (Å²) in [4.78, 5) is 11.7. The van der Waals surface area contributed by atoms with Crippen molar-refractivity contribution in [2.45, 2.75) is 25.4 Å². The summed E-state index contributed by atoms with van der Waals surface area (Å²) < 4.78 is 51.5. The van der Waals surface area contributed by atoms with Gasteiger partial charge in [0.05, 0.1) is 0 Å². The van der Waals surface area contributed by atoms with Crippen LogP contribution in [0, 0.1) is 11.7 Å². The Morgan fingerprint density at radius 3 is 2.50 bits per heavy atom. The first-order valence-corrected chi connectivity index (χ1v) is 5.99. The molecule has 1 N–H and O–H groups in total. The van der Waals surface area contributed by atoms with Gasteiger partial charge in [-0.2, -0.15) is 13.2 Å². The quantitative estimate of drug-likeness (QED) is 0.632. The molecular formula is C14H12F4O2. The molecule has 0 saturated carbocycles. The molecule has 0 spiro atoms. The Labute approximate surface area is 112 Å². The lowest BCUT2D eigenvalue weighted by Crippen LogP contribution is -2.28. The van der Waals surface area contributed by atoms with Gasteiger partial charge in [-0.15, -0.1) is 0 Å². The van der Waals surface area contributed by atoms with E-state index in [2.05, 4.69) is 0 Å². The molecule has 2 rings (SSSR count). The van der Waals surface area contributed by atoms with Crippen LogP contribution < -0.4 is 0 Å². The number of alkyl halides is 3. The van der Waals surface area contributed by atoms with E-state index in [1.165, 1.54) is 13.0 Å². The first kappa shape index (κ1) is 14.6. The summed E-state index contributed by atoms with van der Waals surface area (Å²) in [6.45, 7) is 1.52. The third-order valence-electron chi connectivity index (χ3n) is 3.51. The second kappa shape index (κ2) is 4.92. The van der Waals surface area contributed by atoms with Crippen molar-refractivity contribution < 1.29 is 27.5 Å². The predicted molar refractivity (Wildman–Crippen MR) is 63.7 cm³/mol. The Morgan fingerprint density at radius 1 is 1.30 bits per heavy atom. The Balaban J connectivity index is 2.46. The van der Waals surface area contributed by atoms with Gasteiger partial charge in [0.2, 0.25) is 0 Å². The number of carbonyl (C=O) groups excluding carboxylic acids is 1. The van der Waals surface area contributed by atoms with Crippen molar-refractivity contribution in [2.75, 3.05) is 0 Å². The first-order valence-electron chi connectivity index (χ1n) is 5.99. The molecule has 20 heavy (non-hydrogen) atoms. The second-order valence-electron chi connectivity index (χ2n) is 4.86. The van der Waals surface area contributed by atoms with Crippen LogP contribution in [0.1, 0.15) is 24.8 Å². The molecule has 0 saturated heterocycles. The topological polar surface area (TPSA) is 37.3 Å². The van der Waals surface area contributed by atoms with E-state index in [0.717, 1.165) is 18.2 Å². The van der Waals surface area contributed by atoms with Gasteiger partial charge in [0, 0.05) is 23.8 Å². The van der Waals surface area contributed by atoms with Crippen LogP contribution in [-0.2, 0) is 4.79 Å². The molecule has 2 nitrogen and oxygen atoms in total. The SMILES string of the molecule is CC1C(=O)CC(C(F)(F)F)=CC1c1ccc(O)c(F)c1. The predicted octanol–water partition coefficient (Wildman–Crippen LogP) is 3.71. The number of hydrogen-bond acceptors (Lipinski definition) is 2. The van der Waals surface area contributed by atoms with Gasteiger partial charge in [-0.25, -0.2) is 4.39 Å². The van der Waals surface area contributed by atoms with Crippen LogP contribution in [0.25, 0.3) is 0 Å². The van der Waals surface area contributed by atoms with Crippen molar-refractivity contribution >= 4 is 5.78 Å². The smallest absolute Gasteiger partial charge is 0.412 e. The van der Waals surface area contributed by atoms with Crippen LogP contribution in [0.4, 0.5) is 17.6 Å². The summed E-state index contributed by atoms with van der Waals surface area (Å²) in [5.74, 6) is -3.54. The van der Waals surface area contributed by atoms with Gasteiger partial charge in [-0.1, -0.05) is 19.1 Å². The molecule has 0 heterocycles. The van der Waals surface area contributed by atoms with E-state index in [1.807, 2.05) is 0 Å². The number of allylic oxidation sites excluding steroid dienone is 2. The molecular weight excluding hydrogens is 276 g/mol. The molecule has 108 valence electrons. The number of hydrogen-bond donors (Lipinski definition) is 1. The lowest BCUT2D eigenvalue weighted by Gasteiger charge is -2.28. The fraction of sp³-hybridized carbons (Fsp3) is 0.357. The van der Waals surface area contributed by atoms with E-state index < -0.39 is 47.4 Å². The van der Waals surface area contributed by atoms with Gasteiger partial charge in [-0.05, 0) is 17.7 Å². The standard InChI is InChI=1S/C14H12F4O2/c1-7-10(8-2-3-12(19)11(15)4-8)5-9(6-13(7)20)14(16,17)18/h2-5,7,10,19H,6H2,1H3. The Kier molecular flexibility index (Phi) is 3.58. The molecule has 0 fully saturated rings.